The predicted molar refractivity (Wildman–Crippen MR) is 73.2 cm³/mol. The van der Waals surface area contributed by atoms with Crippen molar-refractivity contribution in [3.8, 4) is 6.07 Å². The number of benzene rings is 1. The summed E-state index contributed by atoms with van der Waals surface area (Å²) in [7, 11) is 0. The zero-order chi connectivity index (χ0) is 15.6. The summed E-state index contributed by atoms with van der Waals surface area (Å²) in [5.74, 6) is 0. The van der Waals surface area contributed by atoms with Crippen LogP contribution in [0.4, 0.5) is 24.5 Å². The van der Waals surface area contributed by atoms with Gasteiger partial charge >= 0.3 is 6.18 Å². The third-order valence-corrected chi connectivity index (χ3v) is 2.95. The molecule has 108 valence electrons. The van der Waals surface area contributed by atoms with Crippen molar-refractivity contribution in [3.05, 3.63) is 52.8 Å². The van der Waals surface area contributed by atoms with E-state index in [4.69, 9.17) is 5.26 Å². The van der Waals surface area contributed by atoms with Gasteiger partial charge in [0, 0.05) is 11.4 Å². The zero-order valence-corrected chi connectivity index (χ0v) is 11.4. The molecule has 21 heavy (non-hydrogen) atoms. The lowest BCUT2D eigenvalue weighted by Crippen LogP contribution is -2.08. The molecule has 0 amide bonds. The lowest BCUT2D eigenvalue weighted by atomic mass is 10.1. The first-order valence-corrected chi connectivity index (χ1v) is 6.14. The number of pyridine rings is 1. The molecule has 0 atom stereocenters. The second kappa shape index (κ2) is 5.44. The van der Waals surface area contributed by atoms with Crippen LogP contribution >= 0.6 is 0 Å². The molecule has 0 aliphatic rings. The van der Waals surface area contributed by atoms with Crippen molar-refractivity contribution >= 4 is 11.4 Å². The van der Waals surface area contributed by atoms with E-state index < -0.39 is 17.3 Å². The molecular weight excluding hydrogens is 279 g/mol. The van der Waals surface area contributed by atoms with E-state index >= 15 is 0 Å². The summed E-state index contributed by atoms with van der Waals surface area (Å²) in [5.41, 5.74) is 1.05. The van der Waals surface area contributed by atoms with Gasteiger partial charge in [0.05, 0.1) is 28.6 Å². The number of nitrogens with zero attached hydrogens (tertiary/aromatic N) is 2. The van der Waals surface area contributed by atoms with Crippen molar-refractivity contribution in [3.63, 3.8) is 0 Å². The molecule has 0 aliphatic carbocycles. The first-order chi connectivity index (χ1) is 9.81. The van der Waals surface area contributed by atoms with Crippen LogP contribution in [-0.2, 0) is 6.18 Å². The number of anilines is 2. The molecule has 0 saturated heterocycles. The van der Waals surface area contributed by atoms with Crippen LogP contribution in [0.2, 0.25) is 0 Å². The number of aromatic nitrogens is 1. The fourth-order valence-corrected chi connectivity index (χ4v) is 1.93. The maximum absolute atomic E-state index is 12.9. The average molecular weight is 291 g/mol. The summed E-state index contributed by atoms with van der Waals surface area (Å²) in [6, 6.07) is 8.59. The zero-order valence-electron chi connectivity index (χ0n) is 11.4. The van der Waals surface area contributed by atoms with Gasteiger partial charge in [-0.2, -0.15) is 18.4 Å². The van der Waals surface area contributed by atoms with Gasteiger partial charge in [0.2, 0.25) is 0 Å². The Morgan fingerprint density at radius 3 is 2.43 bits per heavy atom. The Bertz CT molecular complexity index is 715. The van der Waals surface area contributed by atoms with Crippen LogP contribution in [0.25, 0.3) is 0 Å². The smallest absolute Gasteiger partial charge is 0.354 e. The quantitative estimate of drug-likeness (QED) is 0.895. The van der Waals surface area contributed by atoms with E-state index in [1.54, 1.807) is 25.1 Å². The summed E-state index contributed by atoms with van der Waals surface area (Å²) in [4.78, 5) is 4.24. The Balaban J connectivity index is 2.40. The molecule has 0 radical (unpaired) electrons. The maximum atomic E-state index is 12.9. The Labute approximate surface area is 120 Å². The Hall–Kier alpha value is -2.55. The van der Waals surface area contributed by atoms with E-state index in [1.165, 1.54) is 6.07 Å². The van der Waals surface area contributed by atoms with Crippen LogP contribution in [0.5, 0.6) is 0 Å². The second-order valence-corrected chi connectivity index (χ2v) is 4.58. The van der Waals surface area contributed by atoms with Gasteiger partial charge in [-0.25, -0.2) is 0 Å². The molecule has 0 spiro atoms. The van der Waals surface area contributed by atoms with Gasteiger partial charge in [-0.1, -0.05) is 0 Å². The van der Waals surface area contributed by atoms with Crippen molar-refractivity contribution in [1.29, 1.82) is 5.26 Å². The molecule has 0 bridgehead atoms. The van der Waals surface area contributed by atoms with E-state index in [-0.39, 0.29) is 5.69 Å². The summed E-state index contributed by atoms with van der Waals surface area (Å²) >= 11 is 0. The monoisotopic (exact) mass is 291 g/mol. The second-order valence-electron chi connectivity index (χ2n) is 4.58. The van der Waals surface area contributed by atoms with Crippen LogP contribution in [0.3, 0.4) is 0 Å². The van der Waals surface area contributed by atoms with E-state index in [0.29, 0.717) is 11.4 Å². The van der Waals surface area contributed by atoms with Gasteiger partial charge < -0.3 is 5.32 Å². The summed E-state index contributed by atoms with van der Waals surface area (Å²) < 4.78 is 38.7. The number of nitriles is 1. The first kappa shape index (κ1) is 14.9. The van der Waals surface area contributed by atoms with Crippen LogP contribution in [0.15, 0.2) is 30.3 Å². The summed E-state index contributed by atoms with van der Waals surface area (Å²) in [6.45, 7) is 3.60. The molecule has 1 N–H and O–H groups in total. The fourth-order valence-electron chi connectivity index (χ4n) is 1.93. The Kier molecular flexibility index (Phi) is 3.85. The largest absolute Gasteiger partial charge is 0.417 e. The van der Waals surface area contributed by atoms with Crippen LogP contribution in [0, 0.1) is 25.2 Å². The molecule has 1 aromatic carbocycles. The average Bonchev–Trinajstić information content (AvgIpc) is 2.41. The minimum atomic E-state index is -4.57. The normalized spacial score (nSPS) is 11.0. The van der Waals surface area contributed by atoms with Gasteiger partial charge in [-0.3, -0.25) is 4.98 Å². The van der Waals surface area contributed by atoms with E-state index in [9.17, 15) is 13.2 Å². The molecule has 0 unspecified atom stereocenters. The molecule has 0 saturated carbocycles. The van der Waals surface area contributed by atoms with Gasteiger partial charge in [0.25, 0.3) is 0 Å². The standard InChI is InChI=1S/C15H12F3N3/c1-9-3-6-14(10(2)20-9)21-12-5-4-11(8-19)13(7-12)15(16,17)18/h3-7,21H,1-2H3. The van der Waals surface area contributed by atoms with E-state index in [0.717, 1.165) is 17.8 Å². The number of nitrogens with one attached hydrogen (secondary N) is 1. The van der Waals surface area contributed by atoms with E-state index in [2.05, 4.69) is 10.3 Å². The number of alkyl halides is 3. The molecular formula is C15H12F3N3. The molecule has 1 heterocycles. The highest BCUT2D eigenvalue weighted by molar-refractivity contribution is 5.64. The topological polar surface area (TPSA) is 48.7 Å². The first-order valence-electron chi connectivity index (χ1n) is 6.14. The van der Waals surface area contributed by atoms with Crippen molar-refractivity contribution in [2.75, 3.05) is 5.32 Å². The highest BCUT2D eigenvalue weighted by Crippen LogP contribution is 2.34. The van der Waals surface area contributed by atoms with Crippen molar-refractivity contribution in [2.45, 2.75) is 20.0 Å². The number of aryl methyl sites for hydroxylation is 2. The lowest BCUT2D eigenvalue weighted by Gasteiger charge is -2.13. The lowest BCUT2D eigenvalue weighted by molar-refractivity contribution is -0.137. The summed E-state index contributed by atoms with van der Waals surface area (Å²) in [6.07, 6.45) is -4.57. The van der Waals surface area contributed by atoms with Gasteiger partial charge in [-0.05, 0) is 44.2 Å². The number of rotatable bonds is 2. The van der Waals surface area contributed by atoms with Gasteiger partial charge in [0.15, 0.2) is 0 Å². The third kappa shape index (κ3) is 3.31. The highest BCUT2D eigenvalue weighted by Gasteiger charge is 2.33. The molecule has 6 heteroatoms. The fraction of sp³-hybridized carbons (Fsp3) is 0.200. The molecule has 0 fully saturated rings. The Morgan fingerprint density at radius 2 is 1.86 bits per heavy atom. The van der Waals surface area contributed by atoms with Crippen LogP contribution in [-0.4, -0.2) is 4.98 Å². The predicted octanol–water partition coefficient (Wildman–Crippen LogP) is 4.33. The SMILES string of the molecule is Cc1ccc(Nc2ccc(C#N)c(C(F)(F)F)c2)c(C)n1. The number of halogens is 3. The number of hydrogen-bond donors (Lipinski definition) is 1. The third-order valence-electron chi connectivity index (χ3n) is 2.95. The van der Waals surface area contributed by atoms with Crippen LogP contribution < -0.4 is 5.32 Å². The van der Waals surface area contributed by atoms with E-state index in [1.807, 2.05) is 6.92 Å². The molecule has 2 rings (SSSR count). The van der Waals surface area contributed by atoms with Crippen molar-refractivity contribution in [1.82, 2.24) is 4.98 Å². The Morgan fingerprint density at radius 1 is 1.14 bits per heavy atom. The molecule has 2 aromatic rings. The van der Waals surface area contributed by atoms with Crippen molar-refractivity contribution < 1.29 is 13.2 Å². The van der Waals surface area contributed by atoms with Gasteiger partial charge in [0.1, 0.15) is 0 Å². The van der Waals surface area contributed by atoms with Gasteiger partial charge in [-0.15, -0.1) is 0 Å². The minimum Gasteiger partial charge on any atom is -0.354 e. The molecule has 3 nitrogen and oxygen atoms in total. The summed E-state index contributed by atoms with van der Waals surface area (Å²) in [5, 5.41) is 11.6. The van der Waals surface area contributed by atoms with Crippen LogP contribution in [0.1, 0.15) is 22.5 Å². The highest BCUT2D eigenvalue weighted by atomic mass is 19.4. The molecule has 1 aromatic heterocycles. The van der Waals surface area contributed by atoms with Crippen molar-refractivity contribution in [2.24, 2.45) is 0 Å². The number of hydrogen-bond acceptors (Lipinski definition) is 3. The minimum absolute atomic E-state index is 0.259. The maximum Gasteiger partial charge on any atom is 0.417 e. The molecule has 0 aliphatic heterocycles.